The third kappa shape index (κ3) is 3.26. The van der Waals surface area contributed by atoms with Crippen molar-refractivity contribution >= 4 is 39.0 Å². The summed E-state index contributed by atoms with van der Waals surface area (Å²) in [7, 11) is 0. The minimum atomic E-state index is -0.349. The van der Waals surface area contributed by atoms with Crippen LogP contribution in [0.2, 0.25) is 0 Å². The number of nitrogens with two attached hydrogens (primary N) is 1. The van der Waals surface area contributed by atoms with Gasteiger partial charge in [0, 0.05) is 23.2 Å². The van der Waals surface area contributed by atoms with Gasteiger partial charge in [-0.05, 0) is 22.7 Å². The summed E-state index contributed by atoms with van der Waals surface area (Å²) >= 11 is 1.27. The first-order valence-electron chi connectivity index (χ1n) is 8.47. The van der Waals surface area contributed by atoms with Crippen LogP contribution in [0.25, 0.3) is 15.9 Å². The Balaban J connectivity index is 1.60. The van der Waals surface area contributed by atoms with Crippen molar-refractivity contribution in [1.29, 1.82) is 0 Å². The maximum Gasteiger partial charge on any atom is 0.303 e. The van der Waals surface area contributed by atoms with Gasteiger partial charge in [-0.2, -0.15) is 0 Å². The number of rotatable bonds is 4. The first kappa shape index (κ1) is 17.2. The van der Waals surface area contributed by atoms with E-state index in [1.165, 1.54) is 11.3 Å². The number of anilines is 2. The fourth-order valence-electron chi connectivity index (χ4n) is 2.67. The van der Waals surface area contributed by atoms with Crippen LogP contribution in [0.3, 0.4) is 0 Å². The number of carbonyl (C=O) groups is 1. The molecule has 0 aliphatic carbocycles. The van der Waals surface area contributed by atoms with Gasteiger partial charge < -0.3 is 5.73 Å². The lowest BCUT2D eigenvalue weighted by atomic mass is 10.1. The number of thiophene rings is 1. The highest BCUT2D eigenvalue weighted by Gasteiger charge is 2.21. The molecule has 0 aliphatic heterocycles. The predicted octanol–water partition coefficient (Wildman–Crippen LogP) is 3.52. The van der Waals surface area contributed by atoms with Gasteiger partial charge in [-0.25, -0.2) is 4.98 Å². The smallest absolute Gasteiger partial charge is 0.303 e. The monoisotopic (exact) mass is 380 g/mol. The molecule has 4 rings (SSSR count). The maximum absolute atomic E-state index is 12.7. The van der Waals surface area contributed by atoms with E-state index in [1.54, 1.807) is 10.9 Å². The van der Waals surface area contributed by atoms with E-state index in [0.717, 1.165) is 21.6 Å². The molecule has 0 saturated heterocycles. The highest BCUT2D eigenvalue weighted by Crippen LogP contribution is 2.33. The zero-order chi connectivity index (χ0) is 19.0. The Morgan fingerprint density at radius 2 is 2.00 bits per heavy atom. The van der Waals surface area contributed by atoms with Crippen molar-refractivity contribution in [2.24, 2.45) is 0 Å². The van der Waals surface area contributed by atoms with Gasteiger partial charge in [0.15, 0.2) is 0 Å². The molecule has 7 nitrogen and oxygen atoms in total. The van der Waals surface area contributed by atoms with Gasteiger partial charge in [-0.15, -0.1) is 11.3 Å². The van der Waals surface area contributed by atoms with Gasteiger partial charge in [-0.1, -0.05) is 32.0 Å². The number of nitrogen functional groups attached to an aromatic ring is 1. The number of para-hydroxylation sites is 1. The molecular formula is C19H18N5O2S+. The standard InChI is InChI=1S/C19H17N5O2S/c1-11(2)14-9-8-13-16(20)17(27-19(13)21-14)18(25)22-15-10-24(23-26-15)12-6-4-3-5-7-12/h3-11H,1-2H3,(H2-,20,22,23,25)/p+1. The molecule has 8 heteroatoms. The van der Waals surface area contributed by atoms with Crippen LogP contribution in [0.5, 0.6) is 0 Å². The number of pyridine rings is 1. The molecular weight excluding hydrogens is 362 g/mol. The van der Waals surface area contributed by atoms with Crippen molar-refractivity contribution in [1.82, 2.24) is 10.3 Å². The fourth-order valence-corrected chi connectivity index (χ4v) is 3.67. The van der Waals surface area contributed by atoms with E-state index in [2.05, 4.69) is 29.4 Å². The molecule has 0 spiro atoms. The van der Waals surface area contributed by atoms with E-state index < -0.39 is 0 Å². The summed E-state index contributed by atoms with van der Waals surface area (Å²) < 4.78 is 6.75. The van der Waals surface area contributed by atoms with E-state index in [4.69, 9.17) is 10.3 Å². The molecule has 0 atom stereocenters. The molecule has 3 aromatic heterocycles. The molecule has 0 fully saturated rings. The van der Waals surface area contributed by atoms with Crippen molar-refractivity contribution < 1.29 is 14.0 Å². The van der Waals surface area contributed by atoms with Gasteiger partial charge in [0.1, 0.15) is 9.71 Å². The number of nitrogens with zero attached hydrogens (tertiary/aromatic N) is 3. The number of hydrogen-bond acceptors (Lipinski definition) is 6. The van der Waals surface area contributed by atoms with E-state index in [-0.39, 0.29) is 11.8 Å². The Morgan fingerprint density at radius 1 is 1.22 bits per heavy atom. The summed E-state index contributed by atoms with van der Waals surface area (Å²) in [5, 5.41) is 7.40. The van der Waals surface area contributed by atoms with Gasteiger partial charge in [0.25, 0.3) is 12.1 Å². The molecule has 0 bridgehead atoms. The molecule has 1 amide bonds. The number of nitrogens with one attached hydrogen (secondary N) is 1. The molecule has 3 heterocycles. The van der Waals surface area contributed by atoms with Crippen LogP contribution in [0.15, 0.2) is 53.2 Å². The lowest BCUT2D eigenvalue weighted by Gasteiger charge is -2.02. The minimum absolute atomic E-state index is 0.233. The lowest BCUT2D eigenvalue weighted by Crippen LogP contribution is -2.31. The molecule has 1 aromatic carbocycles. The summed E-state index contributed by atoms with van der Waals surface area (Å²) in [5.74, 6) is 0.187. The number of amides is 1. The van der Waals surface area contributed by atoms with Crippen molar-refractivity contribution in [3.05, 3.63) is 59.2 Å². The lowest BCUT2D eigenvalue weighted by molar-refractivity contribution is -0.670. The first-order valence-corrected chi connectivity index (χ1v) is 9.29. The molecule has 0 aliphatic rings. The van der Waals surface area contributed by atoms with Crippen molar-refractivity contribution in [2.45, 2.75) is 19.8 Å². The van der Waals surface area contributed by atoms with Crippen LogP contribution in [0, 0.1) is 0 Å². The van der Waals surface area contributed by atoms with E-state index in [0.29, 0.717) is 16.5 Å². The Morgan fingerprint density at radius 3 is 2.74 bits per heavy atom. The molecule has 0 unspecified atom stereocenters. The SMILES string of the molecule is CC(C)c1ccc2c(N)c(C(=O)Nc3c[n+](-c4ccccc4)no3)sc2n1. The Labute approximate surface area is 159 Å². The van der Waals surface area contributed by atoms with Crippen molar-refractivity contribution in [3.8, 4) is 5.69 Å². The second-order valence-corrected chi connectivity index (χ2v) is 7.39. The Kier molecular flexibility index (Phi) is 4.33. The summed E-state index contributed by atoms with van der Waals surface area (Å²) in [6, 6.07) is 13.3. The highest BCUT2D eigenvalue weighted by atomic mass is 32.1. The summed E-state index contributed by atoms with van der Waals surface area (Å²) in [4.78, 5) is 18.4. The van der Waals surface area contributed by atoms with Crippen molar-refractivity contribution in [2.75, 3.05) is 11.1 Å². The zero-order valence-electron chi connectivity index (χ0n) is 14.8. The van der Waals surface area contributed by atoms with E-state index in [9.17, 15) is 4.79 Å². The fraction of sp³-hybridized carbons (Fsp3) is 0.158. The van der Waals surface area contributed by atoms with Crippen LogP contribution in [-0.4, -0.2) is 16.2 Å². The molecule has 3 N–H and O–H groups in total. The number of benzene rings is 1. The van der Waals surface area contributed by atoms with E-state index in [1.807, 2.05) is 42.5 Å². The summed E-state index contributed by atoms with van der Waals surface area (Å²) in [5.41, 5.74) is 8.39. The van der Waals surface area contributed by atoms with Crippen LogP contribution in [-0.2, 0) is 0 Å². The number of fused-ring (bicyclic) bond motifs is 1. The number of aromatic nitrogens is 3. The van der Waals surface area contributed by atoms with Gasteiger partial charge in [0.05, 0.1) is 5.69 Å². The topological polar surface area (TPSA) is 97.9 Å². The van der Waals surface area contributed by atoms with Gasteiger partial charge in [-0.3, -0.25) is 14.6 Å². The van der Waals surface area contributed by atoms with Gasteiger partial charge >= 0.3 is 5.88 Å². The van der Waals surface area contributed by atoms with Crippen LogP contribution in [0.1, 0.15) is 35.1 Å². The van der Waals surface area contributed by atoms with Crippen molar-refractivity contribution in [3.63, 3.8) is 0 Å². The second-order valence-electron chi connectivity index (χ2n) is 6.39. The molecule has 0 radical (unpaired) electrons. The first-order chi connectivity index (χ1) is 13.0. The molecule has 4 aromatic rings. The third-order valence-corrected chi connectivity index (χ3v) is 5.25. The molecule has 136 valence electrons. The summed E-state index contributed by atoms with van der Waals surface area (Å²) in [6.45, 7) is 4.15. The second kappa shape index (κ2) is 6.81. The quantitative estimate of drug-likeness (QED) is 0.528. The largest absolute Gasteiger partial charge is 0.397 e. The zero-order valence-corrected chi connectivity index (χ0v) is 15.7. The van der Waals surface area contributed by atoms with E-state index >= 15 is 0 Å². The predicted molar refractivity (Wildman–Crippen MR) is 104 cm³/mol. The number of carbonyl (C=O) groups excluding carboxylic acids is 1. The Bertz CT molecular complexity index is 1120. The summed E-state index contributed by atoms with van der Waals surface area (Å²) in [6.07, 6.45) is 1.60. The van der Waals surface area contributed by atoms with Crippen LogP contribution >= 0.6 is 11.3 Å². The molecule has 27 heavy (non-hydrogen) atoms. The maximum atomic E-state index is 12.7. The third-order valence-electron chi connectivity index (χ3n) is 4.14. The molecule has 0 saturated carbocycles. The average Bonchev–Trinajstić information content (AvgIpc) is 3.27. The van der Waals surface area contributed by atoms with Gasteiger partial charge in [0.2, 0.25) is 11.0 Å². The van der Waals surface area contributed by atoms with Crippen LogP contribution < -0.4 is 15.7 Å². The average molecular weight is 380 g/mol. The Hall–Kier alpha value is -3.26. The van der Waals surface area contributed by atoms with Crippen LogP contribution in [0.4, 0.5) is 11.6 Å². The highest BCUT2D eigenvalue weighted by molar-refractivity contribution is 7.21. The minimum Gasteiger partial charge on any atom is -0.397 e. The number of hydrogen-bond donors (Lipinski definition) is 2. The normalized spacial score (nSPS) is 11.2.